The number of H-pyrrole nitrogens is 1. The van der Waals surface area contributed by atoms with Crippen molar-refractivity contribution in [3.63, 3.8) is 0 Å². The number of fused-ring (bicyclic) bond motifs is 3. The highest BCUT2D eigenvalue weighted by Gasteiger charge is 2.28. The van der Waals surface area contributed by atoms with Crippen molar-refractivity contribution in [3.05, 3.63) is 40.9 Å². The van der Waals surface area contributed by atoms with Crippen LogP contribution in [0.2, 0.25) is 0 Å². The van der Waals surface area contributed by atoms with Crippen molar-refractivity contribution < 1.29 is 13.7 Å². The van der Waals surface area contributed by atoms with Crippen LogP contribution in [0.1, 0.15) is 30.1 Å². The van der Waals surface area contributed by atoms with Crippen molar-refractivity contribution in [1.82, 2.24) is 20.1 Å². The van der Waals surface area contributed by atoms with Gasteiger partial charge in [0.15, 0.2) is 11.6 Å². The van der Waals surface area contributed by atoms with Gasteiger partial charge in [0.1, 0.15) is 28.9 Å². The molecule has 1 aliphatic rings. The number of aliphatic imine (C=N–C) groups is 1. The third-order valence-corrected chi connectivity index (χ3v) is 6.47. The quantitative estimate of drug-likeness (QED) is 0.320. The van der Waals surface area contributed by atoms with E-state index in [0.717, 1.165) is 18.5 Å². The van der Waals surface area contributed by atoms with Crippen LogP contribution in [0.5, 0.6) is 5.75 Å². The molecule has 9 nitrogen and oxygen atoms in total. The molecule has 0 atom stereocenters. The van der Waals surface area contributed by atoms with E-state index in [2.05, 4.69) is 25.1 Å². The summed E-state index contributed by atoms with van der Waals surface area (Å²) in [7, 11) is 4.98. The first kappa shape index (κ1) is 22.8. The van der Waals surface area contributed by atoms with Gasteiger partial charge in [0, 0.05) is 25.4 Å². The Hall–Kier alpha value is -3.95. The first-order valence-corrected chi connectivity index (χ1v) is 11.4. The number of benzene rings is 1. The fourth-order valence-electron chi connectivity index (χ4n) is 4.58. The molecule has 0 bridgehead atoms. The number of hydrogen-bond donors (Lipinski definition) is 2. The number of aromatic amines is 1. The van der Waals surface area contributed by atoms with Crippen LogP contribution in [0.25, 0.3) is 33.1 Å². The van der Waals surface area contributed by atoms with Crippen LogP contribution in [0.15, 0.2) is 27.4 Å². The smallest absolute Gasteiger partial charge is 0.175 e. The number of allylic oxidation sites excluding steroid dienone is 1. The Bertz CT molecular complexity index is 1510. The molecular formula is C25H28FN7O2. The van der Waals surface area contributed by atoms with E-state index >= 15 is 4.39 Å². The SMILES string of the molecule is CN=C(C=C(N)C1CC1)N(C)c1nc(C)nc2[nH]c3cc(-c4c(C)noc4C)c(OC)c(F)c3c12. The number of likely N-dealkylation sites (N-methyl/N-ethyl adjacent to an activating group) is 1. The lowest BCUT2D eigenvalue weighted by Crippen LogP contribution is -2.27. The first-order valence-electron chi connectivity index (χ1n) is 11.4. The second-order valence-corrected chi connectivity index (χ2v) is 8.90. The number of hydrogen-bond acceptors (Lipinski definition) is 7. The lowest BCUT2D eigenvalue weighted by Gasteiger charge is -2.20. The molecule has 3 aromatic heterocycles. The zero-order valence-corrected chi connectivity index (χ0v) is 20.7. The number of rotatable bonds is 5. The molecule has 1 fully saturated rings. The minimum atomic E-state index is -0.517. The van der Waals surface area contributed by atoms with E-state index in [1.807, 2.05) is 31.0 Å². The predicted molar refractivity (Wildman–Crippen MR) is 134 cm³/mol. The van der Waals surface area contributed by atoms with Crippen LogP contribution < -0.4 is 15.4 Å². The molecule has 0 saturated heterocycles. The van der Waals surface area contributed by atoms with Crippen molar-refractivity contribution in [2.24, 2.45) is 16.6 Å². The third-order valence-electron chi connectivity index (χ3n) is 6.47. The minimum Gasteiger partial charge on any atom is -0.493 e. The molecule has 4 aromatic rings. The number of amidine groups is 1. The van der Waals surface area contributed by atoms with Crippen molar-refractivity contribution in [3.8, 4) is 16.9 Å². The van der Waals surface area contributed by atoms with Crippen molar-refractivity contribution in [1.29, 1.82) is 0 Å². The first-order chi connectivity index (χ1) is 16.7. The second kappa shape index (κ2) is 8.37. The molecule has 0 unspecified atom stereocenters. The Balaban J connectivity index is 1.77. The lowest BCUT2D eigenvalue weighted by atomic mass is 10.00. The number of nitrogens with one attached hydrogen (secondary N) is 1. The van der Waals surface area contributed by atoms with Gasteiger partial charge in [-0.05, 0) is 51.7 Å². The number of nitrogens with two attached hydrogens (primary N) is 1. The molecule has 0 spiro atoms. The number of aromatic nitrogens is 4. The van der Waals surface area contributed by atoms with Gasteiger partial charge in [-0.3, -0.25) is 4.99 Å². The molecule has 1 saturated carbocycles. The predicted octanol–water partition coefficient (Wildman–Crippen LogP) is 4.56. The van der Waals surface area contributed by atoms with Gasteiger partial charge in [0.05, 0.1) is 34.7 Å². The molecule has 0 aliphatic heterocycles. The molecular weight excluding hydrogens is 449 g/mol. The van der Waals surface area contributed by atoms with Crippen LogP contribution in [-0.2, 0) is 0 Å². The zero-order chi connectivity index (χ0) is 25.0. The molecule has 0 radical (unpaired) electrons. The van der Waals surface area contributed by atoms with E-state index in [1.165, 1.54) is 7.11 Å². The number of halogens is 1. The van der Waals surface area contributed by atoms with Crippen LogP contribution in [0, 0.1) is 32.5 Å². The van der Waals surface area contributed by atoms with E-state index in [-0.39, 0.29) is 5.75 Å². The summed E-state index contributed by atoms with van der Waals surface area (Å²) >= 11 is 0. The standard InChI is InChI=1S/C25H28FN7O2/c1-11-19(12(2)35-32-11)15-9-17-20(22(26)23(15)34-6)21-24(31-17)29-13(3)30-25(21)33(5)18(28-4)10-16(27)14-7-8-14/h9-10,14H,7-8,27H2,1-6H3,(H,29,30,31). The highest BCUT2D eigenvalue weighted by Crippen LogP contribution is 2.43. The van der Waals surface area contributed by atoms with E-state index < -0.39 is 5.82 Å². The summed E-state index contributed by atoms with van der Waals surface area (Å²) in [5, 5.41) is 4.89. The second-order valence-electron chi connectivity index (χ2n) is 8.90. The summed E-state index contributed by atoms with van der Waals surface area (Å²) in [4.78, 5) is 18.7. The number of methoxy groups -OCH3 is 1. The van der Waals surface area contributed by atoms with Gasteiger partial charge < -0.3 is 24.9 Å². The van der Waals surface area contributed by atoms with E-state index in [9.17, 15) is 0 Å². The Morgan fingerprint density at radius 1 is 1.29 bits per heavy atom. The van der Waals surface area contributed by atoms with Crippen molar-refractivity contribution in [2.45, 2.75) is 33.6 Å². The van der Waals surface area contributed by atoms with Gasteiger partial charge in [-0.1, -0.05) is 5.16 Å². The maximum atomic E-state index is 16.2. The van der Waals surface area contributed by atoms with E-state index in [1.54, 1.807) is 20.9 Å². The third kappa shape index (κ3) is 3.69. The van der Waals surface area contributed by atoms with Crippen molar-refractivity contribution >= 4 is 33.6 Å². The molecule has 3 N–H and O–H groups in total. The van der Waals surface area contributed by atoms with E-state index in [0.29, 0.717) is 67.9 Å². The van der Waals surface area contributed by atoms with Gasteiger partial charge in [-0.15, -0.1) is 0 Å². The highest BCUT2D eigenvalue weighted by atomic mass is 19.1. The lowest BCUT2D eigenvalue weighted by molar-refractivity contribution is 0.389. The largest absolute Gasteiger partial charge is 0.493 e. The normalized spacial score (nSPS) is 14.8. The van der Waals surface area contributed by atoms with Gasteiger partial charge in [0.2, 0.25) is 0 Å². The number of nitrogens with zero attached hydrogens (tertiary/aromatic N) is 5. The van der Waals surface area contributed by atoms with Gasteiger partial charge in [-0.2, -0.15) is 0 Å². The number of ether oxygens (including phenoxy) is 1. The summed E-state index contributed by atoms with van der Waals surface area (Å²) < 4.78 is 27.0. The molecule has 3 heterocycles. The molecule has 1 aromatic carbocycles. The number of aryl methyl sites for hydroxylation is 3. The van der Waals surface area contributed by atoms with Gasteiger partial charge >= 0.3 is 0 Å². The average Bonchev–Trinajstić information content (AvgIpc) is 3.54. The van der Waals surface area contributed by atoms with Crippen LogP contribution in [0.3, 0.4) is 0 Å². The summed E-state index contributed by atoms with van der Waals surface area (Å²) in [5.74, 6) is 2.24. The van der Waals surface area contributed by atoms with Gasteiger partial charge in [0.25, 0.3) is 0 Å². The maximum absolute atomic E-state index is 16.2. The molecule has 1 aliphatic carbocycles. The maximum Gasteiger partial charge on any atom is 0.175 e. The summed E-state index contributed by atoms with van der Waals surface area (Å²) in [6, 6.07) is 1.84. The Kier molecular flexibility index (Phi) is 5.46. The highest BCUT2D eigenvalue weighted by molar-refractivity contribution is 6.17. The van der Waals surface area contributed by atoms with Crippen LogP contribution in [-0.4, -0.2) is 47.1 Å². The monoisotopic (exact) mass is 477 g/mol. The molecule has 10 heteroatoms. The Morgan fingerprint density at radius 2 is 2.03 bits per heavy atom. The average molecular weight is 478 g/mol. The fraction of sp³-hybridized carbons (Fsp3) is 0.360. The van der Waals surface area contributed by atoms with Crippen LogP contribution >= 0.6 is 0 Å². The number of anilines is 1. The Labute approximate surface area is 201 Å². The minimum absolute atomic E-state index is 0.101. The summed E-state index contributed by atoms with van der Waals surface area (Å²) in [6.07, 6.45) is 4.03. The molecule has 0 amide bonds. The summed E-state index contributed by atoms with van der Waals surface area (Å²) in [5.41, 5.74) is 10.0. The zero-order valence-electron chi connectivity index (χ0n) is 20.7. The van der Waals surface area contributed by atoms with Crippen LogP contribution in [0.4, 0.5) is 10.2 Å². The van der Waals surface area contributed by atoms with Crippen molar-refractivity contribution in [2.75, 3.05) is 26.1 Å². The molecule has 182 valence electrons. The topological polar surface area (TPSA) is 118 Å². The summed E-state index contributed by atoms with van der Waals surface area (Å²) in [6.45, 7) is 5.40. The molecule has 35 heavy (non-hydrogen) atoms. The van der Waals surface area contributed by atoms with Gasteiger partial charge in [-0.25, -0.2) is 14.4 Å². The fourth-order valence-corrected chi connectivity index (χ4v) is 4.58. The Morgan fingerprint density at radius 3 is 2.63 bits per heavy atom. The molecule has 5 rings (SSSR count). The van der Waals surface area contributed by atoms with E-state index in [4.69, 9.17) is 15.0 Å².